The Kier molecular flexibility index (Phi) is 7.94. The van der Waals surface area contributed by atoms with Gasteiger partial charge in [0.05, 0.1) is 12.6 Å². The number of aromatic nitrogens is 2. The van der Waals surface area contributed by atoms with Crippen LogP contribution in [0.2, 0.25) is 0 Å². The molecule has 1 N–H and O–H groups in total. The molecule has 1 aliphatic heterocycles. The minimum atomic E-state index is 0.0430. The van der Waals surface area contributed by atoms with Crippen LogP contribution in [0.1, 0.15) is 81.1 Å². The summed E-state index contributed by atoms with van der Waals surface area (Å²) < 4.78 is 5.55. The maximum atomic E-state index is 13.0. The minimum Gasteiger partial charge on any atom is -0.349 e. The Morgan fingerprint density at radius 3 is 2.39 bits per heavy atom. The van der Waals surface area contributed by atoms with Gasteiger partial charge in [0.1, 0.15) is 0 Å². The van der Waals surface area contributed by atoms with Crippen molar-refractivity contribution < 1.29 is 9.32 Å². The molecule has 6 heteroatoms. The molecule has 1 saturated heterocycles. The normalized spacial score (nSPS) is 16.2. The van der Waals surface area contributed by atoms with E-state index in [0.717, 1.165) is 37.9 Å². The topological polar surface area (TPSA) is 71.3 Å². The van der Waals surface area contributed by atoms with Crippen molar-refractivity contribution in [1.29, 1.82) is 0 Å². The summed E-state index contributed by atoms with van der Waals surface area (Å²) in [6.45, 7) is 15.3. The van der Waals surface area contributed by atoms with Gasteiger partial charge >= 0.3 is 0 Å². The van der Waals surface area contributed by atoms with Gasteiger partial charge in [0, 0.05) is 11.5 Å². The molecule has 1 amide bonds. The summed E-state index contributed by atoms with van der Waals surface area (Å²) in [5, 5.41) is 7.49. The molecule has 1 aliphatic rings. The number of nitrogens with one attached hydrogen (secondary N) is 1. The molecule has 192 valence electrons. The van der Waals surface area contributed by atoms with E-state index in [-0.39, 0.29) is 23.3 Å². The van der Waals surface area contributed by atoms with E-state index in [9.17, 15) is 4.79 Å². The molecule has 0 aliphatic carbocycles. The van der Waals surface area contributed by atoms with Gasteiger partial charge in [-0.05, 0) is 73.9 Å². The standard InChI is InChI=1S/C30H40N4O2/c1-7-26(24-9-8-20(2)21(3)18-24)31-29(35)23-14-16-34(17-15-23)19-27-32-28(33-36-27)22-10-12-25(13-11-22)30(4,5)6/h8-13,18,23,26H,7,14-17,19H2,1-6H3,(H,31,35). The number of nitrogens with zero attached hydrogens (tertiary/aromatic N) is 3. The zero-order chi connectivity index (χ0) is 25.9. The summed E-state index contributed by atoms with van der Waals surface area (Å²) >= 11 is 0. The van der Waals surface area contributed by atoms with Gasteiger partial charge in [-0.25, -0.2) is 0 Å². The van der Waals surface area contributed by atoms with Crippen molar-refractivity contribution in [2.45, 2.75) is 78.8 Å². The highest BCUT2D eigenvalue weighted by atomic mass is 16.5. The molecule has 1 fully saturated rings. The van der Waals surface area contributed by atoms with Crippen LogP contribution in [0.15, 0.2) is 47.0 Å². The second-order valence-electron chi connectivity index (χ2n) is 11.2. The Bertz CT molecular complexity index is 1170. The van der Waals surface area contributed by atoms with E-state index < -0.39 is 0 Å². The van der Waals surface area contributed by atoms with Crippen molar-refractivity contribution in [2.75, 3.05) is 13.1 Å². The summed E-state index contributed by atoms with van der Waals surface area (Å²) in [6.07, 6.45) is 2.56. The summed E-state index contributed by atoms with van der Waals surface area (Å²) in [6, 6.07) is 14.9. The molecule has 4 rings (SSSR count). The number of rotatable bonds is 7. The third kappa shape index (κ3) is 6.22. The number of aryl methyl sites for hydroxylation is 2. The van der Waals surface area contributed by atoms with E-state index in [1.165, 1.54) is 22.3 Å². The predicted molar refractivity (Wildman–Crippen MR) is 144 cm³/mol. The van der Waals surface area contributed by atoms with Crippen LogP contribution in [0.4, 0.5) is 0 Å². The van der Waals surface area contributed by atoms with E-state index in [4.69, 9.17) is 4.52 Å². The van der Waals surface area contributed by atoms with Crippen LogP contribution in [0, 0.1) is 19.8 Å². The molecule has 1 atom stereocenters. The summed E-state index contributed by atoms with van der Waals surface area (Å²) in [4.78, 5) is 19.9. The number of amides is 1. The van der Waals surface area contributed by atoms with E-state index in [0.29, 0.717) is 18.3 Å². The molecule has 0 bridgehead atoms. The van der Waals surface area contributed by atoms with Crippen LogP contribution in [0.5, 0.6) is 0 Å². The van der Waals surface area contributed by atoms with Gasteiger partial charge in [0.15, 0.2) is 0 Å². The summed E-state index contributed by atoms with van der Waals surface area (Å²) in [5.74, 6) is 1.45. The molecule has 2 heterocycles. The van der Waals surface area contributed by atoms with Crippen molar-refractivity contribution in [2.24, 2.45) is 5.92 Å². The first-order valence-corrected chi connectivity index (χ1v) is 13.2. The Morgan fingerprint density at radius 2 is 1.78 bits per heavy atom. The molecule has 0 radical (unpaired) electrons. The molecule has 2 aromatic carbocycles. The Balaban J connectivity index is 1.29. The van der Waals surface area contributed by atoms with Crippen LogP contribution in [-0.2, 0) is 16.8 Å². The van der Waals surface area contributed by atoms with Crippen LogP contribution < -0.4 is 5.32 Å². The average Bonchev–Trinajstić information content (AvgIpc) is 3.32. The Labute approximate surface area is 215 Å². The number of carbonyl (C=O) groups is 1. The van der Waals surface area contributed by atoms with E-state index in [1.54, 1.807) is 0 Å². The second-order valence-corrected chi connectivity index (χ2v) is 11.2. The smallest absolute Gasteiger partial charge is 0.241 e. The number of likely N-dealkylation sites (tertiary alicyclic amines) is 1. The van der Waals surface area contributed by atoms with Gasteiger partial charge in [-0.15, -0.1) is 0 Å². The third-order valence-corrected chi connectivity index (χ3v) is 7.45. The lowest BCUT2D eigenvalue weighted by Crippen LogP contribution is -2.41. The molecule has 1 unspecified atom stereocenters. The van der Waals surface area contributed by atoms with Crippen LogP contribution >= 0.6 is 0 Å². The molecule has 6 nitrogen and oxygen atoms in total. The summed E-state index contributed by atoms with van der Waals surface area (Å²) in [5.41, 5.74) is 6.08. The highest BCUT2D eigenvalue weighted by Gasteiger charge is 2.27. The summed E-state index contributed by atoms with van der Waals surface area (Å²) in [7, 11) is 0. The minimum absolute atomic E-state index is 0.0430. The lowest BCUT2D eigenvalue weighted by atomic mass is 9.87. The fourth-order valence-electron chi connectivity index (χ4n) is 4.79. The second kappa shape index (κ2) is 11.0. The maximum absolute atomic E-state index is 13.0. The first-order valence-electron chi connectivity index (χ1n) is 13.2. The lowest BCUT2D eigenvalue weighted by molar-refractivity contribution is -0.127. The van der Waals surface area contributed by atoms with Gasteiger partial charge in [-0.3, -0.25) is 9.69 Å². The molecule has 1 aromatic heterocycles. The number of hydrogen-bond acceptors (Lipinski definition) is 5. The number of piperidine rings is 1. The molecule has 0 spiro atoms. The molecular formula is C30H40N4O2. The van der Waals surface area contributed by atoms with Gasteiger partial charge in [-0.1, -0.05) is 75.3 Å². The zero-order valence-electron chi connectivity index (χ0n) is 22.6. The number of carbonyl (C=O) groups excluding carboxylic acids is 1. The van der Waals surface area contributed by atoms with Gasteiger partial charge in [0.25, 0.3) is 0 Å². The van der Waals surface area contributed by atoms with Crippen molar-refractivity contribution >= 4 is 5.91 Å². The zero-order valence-corrected chi connectivity index (χ0v) is 22.6. The highest BCUT2D eigenvalue weighted by molar-refractivity contribution is 5.79. The molecular weight excluding hydrogens is 448 g/mol. The van der Waals surface area contributed by atoms with Gasteiger partial charge in [0.2, 0.25) is 17.6 Å². The van der Waals surface area contributed by atoms with Crippen molar-refractivity contribution in [3.05, 3.63) is 70.6 Å². The van der Waals surface area contributed by atoms with E-state index >= 15 is 0 Å². The Morgan fingerprint density at radius 1 is 1.08 bits per heavy atom. The number of hydrogen-bond donors (Lipinski definition) is 1. The van der Waals surface area contributed by atoms with Crippen molar-refractivity contribution in [1.82, 2.24) is 20.4 Å². The predicted octanol–water partition coefficient (Wildman–Crippen LogP) is 6.13. The molecule has 36 heavy (non-hydrogen) atoms. The first kappa shape index (κ1) is 26.1. The van der Waals surface area contributed by atoms with Gasteiger partial charge in [-0.2, -0.15) is 4.98 Å². The van der Waals surface area contributed by atoms with Crippen LogP contribution in [-0.4, -0.2) is 34.0 Å². The number of benzene rings is 2. The third-order valence-electron chi connectivity index (χ3n) is 7.45. The van der Waals surface area contributed by atoms with Crippen LogP contribution in [0.25, 0.3) is 11.4 Å². The van der Waals surface area contributed by atoms with Crippen molar-refractivity contribution in [3.8, 4) is 11.4 Å². The monoisotopic (exact) mass is 488 g/mol. The fraction of sp³-hybridized carbons (Fsp3) is 0.500. The Hall–Kier alpha value is -2.99. The highest BCUT2D eigenvalue weighted by Crippen LogP contribution is 2.26. The van der Waals surface area contributed by atoms with E-state index in [1.807, 2.05) is 0 Å². The quantitative estimate of drug-likeness (QED) is 0.433. The molecule has 3 aromatic rings. The fourth-order valence-corrected chi connectivity index (χ4v) is 4.79. The average molecular weight is 489 g/mol. The van der Waals surface area contributed by atoms with E-state index in [2.05, 4.69) is 104 Å². The van der Waals surface area contributed by atoms with Crippen molar-refractivity contribution in [3.63, 3.8) is 0 Å². The molecule has 0 saturated carbocycles. The SMILES string of the molecule is CCC(NC(=O)C1CCN(Cc2nc(-c3ccc(C(C)(C)C)cc3)no2)CC1)c1ccc(C)c(C)c1. The maximum Gasteiger partial charge on any atom is 0.241 e. The van der Waals surface area contributed by atoms with Crippen LogP contribution in [0.3, 0.4) is 0 Å². The van der Waals surface area contributed by atoms with Gasteiger partial charge < -0.3 is 9.84 Å². The lowest BCUT2D eigenvalue weighted by Gasteiger charge is -2.31. The first-order chi connectivity index (χ1) is 17.1. The largest absolute Gasteiger partial charge is 0.349 e.